The lowest BCUT2D eigenvalue weighted by atomic mass is 10.0. The van der Waals surface area contributed by atoms with Gasteiger partial charge in [-0.15, -0.1) is 0 Å². The van der Waals surface area contributed by atoms with E-state index in [4.69, 9.17) is 11.6 Å². The Morgan fingerprint density at radius 3 is 2.67 bits per heavy atom. The Balaban J connectivity index is 1.54. The Bertz CT molecular complexity index is 1110. The van der Waals surface area contributed by atoms with E-state index in [1.165, 1.54) is 31.4 Å². The fourth-order valence-corrected chi connectivity index (χ4v) is 4.81. The summed E-state index contributed by atoms with van der Waals surface area (Å²) in [6, 6.07) is 16.4. The normalized spacial score (nSPS) is 16.7. The minimum Gasteiger partial charge on any atom is -0.352 e. The van der Waals surface area contributed by atoms with Gasteiger partial charge in [-0.3, -0.25) is 4.79 Å². The molecule has 1 N–H and O–H groups in total. The van der Waals surface area contributed by atoms with Crippen molar-refractivity contribution in [3.63, 3.8) is 0 Å². The van der Waals surface area contributed by atoms with Gasteiger partial charge in [-0.05, 0) is 81.6 Å². The molecule has 33 heavy (non-hydrogen) atoms. The van der Waals surface area contributed by atoms with Gasteiger partial charge in [-0.1, -0.05) is 36.2 Å². The van der Waals surface area contributed by atoms with Crippen LogP contribution < -0.4 is 5.32 Å². The topological polar surface area (TPSA) is 37.3 Å². The van der Waals surface area contributed by atoms with Crippen LogP contribution in [0.1, 0.15) is 48.7 Å². The van der Waals surface area contributed by atoms with Crippen LogP contribution in [0.2, 0.25) is 5.02 Å². The lowest BCUT2D eigenvalue weighted by molar-refractivity contribution is 0.0948. The minimum atomic E-state index is -0.319. The van der Waals surface area contributed by atoms with Crippen molar-refractivity contribution in [2.75, 3.05) is 19.6 Å². The van der Waals surface area contributed by atoms with Gasteiger partial charge in [0, 0.05) is 35.5 Å². The SMILES string of the molecule is Cc1c(C(=O)NCCCN2CCCCC2C)cc(-c2ccc(Cl)cc2)n1-c1cccc(F)c1. The standard InChI is InChI=1S/C27H31ClFN3O/c1-19-7-3-4-15-31(19)16-6-14-30-27(33)25-18-26(21-10-12-22(28)13-11-21)32(20(25)2)24-9-5-8-23(29)17-24/h5,8-13,17-19H,3-4,6-7,14-16H2,1-2H3,(H,30,33). The number of benzene rings is 2. The van der Waals surface area contributed by atoms with E-state index in [0.29, 0.717) is 28.9 Å². The van der Waals surface area contributed by atoms with E-state index in [9.17, 15) is 9.18 Å². The highest BCUT2D eigenvalue weighted by molar-refractivity contribution is 6.30. The van der Waals surface area contributed by atoms with Crippen molar-refractivity contribution < 1.29 is 9.18 Å². The summed E-state index contributed by atoms with van der Waals surface area (Å²) >= 11 is 6.08. The first-order chi connectivity index (χ1) is 15.9. The molecule has 4 nitrogen and oxygen atoms in total. The van der Waals surface area contributed by atoms with E-state index in [-0.39, 0.29) is 11.7 Å². The maximum Gasteiger partial charge on any atom is 0.253 e. The summed E-state index contributed by atoms with van der Waals surface area (Å²) in [4.78, 5) is 15.6. The lowest BCUT2D eigenvalue weighted by Crippen LogP contribution is -2.39. The quantitative estimate of drug-likeness (QED) is 0.417. The number of likely N-dealkylation sites (tertiary alicyclic amines) is 1. The number of aromatic nitrogens is 1. The molecule has 0 saturated carbocycles. The Morgan fingerprint density at radius 1 is 1.15 bits per heavy atom. The van der Waals surface area contributed by atoms with Gasteiger partial charge in [0.1, 0.15) is 5.82 Å². The van der Waals surface area contributed by atoms with Gasteiger partial charge in [0.15, 0.2) is 0 Å². The van der Waals surface area contributed by atoms with Crippen LogP contribution in [0.4, 0.5) is 4.39 Å². The maximum atomic E-state index is 14.0. The zero-order valence-electron chi connectivity index (χ0n) is 19.3. The fraction of sp³-hybridized carbons (Fsp3) is 0.370. The highest BCUT2D eigenvalue weighted by Crippen LogP contribution is 2.30. The number of rotatable bonds is 7. The second-order valence-electron chi connectivity index (χ2n) is 8.84. The van der Waals surface area contributed by atoms with Gasteiger partial charge in [0.2, 0.25) is 0 Å². The monoisotopic (exact) mass is 467 g/mol. The summed E-state index contributed by atoms with van der Waals surface area (Å²) in [5.74, 6) is -0.426. The third-order valence-corrected chi connectivity index (χ3v) is 6.80. The predicted molar refractivity (Wildman–Crippen MR) is 133 cm³/mol. The van der Waals surface area contributed by atoms with Crippen molar-refractivity contribution in [1.29, 1.82) is 0 Å². The van der Waals surface area contributed by atoms with E-state index in [1.807, 2.05) is 47.9 Å². The summed E-state index contributed by atoms with van der Waals surface area (Å²) in [6.07, 6.45) is 4.75. The van der Waals surface area contributed by atoms with E-state index in [1.54, 1.807) is 6.07 Å². The second-order valence-corrected chi connectivity index (χ2v) is 9.28. The molecule has 0 radical (unpaired) electrons. The number of carbonyl (C=O) groups excluding carboxylic acids is 1. The van der Waals surface area contributed by atoms with Crippen LogP contribution in [0.5, 0.6) is 0 Å². The average Bonchev–Trinajstić information content (AvgIpc) is 3.15. The molecule has 4 rings (SSSR count). The van der Waals surface area contributed by atoms with Crippen LogP contribution >= 0.6 is 11.6 Å². The number of hydrogen-bond acceptors (Lipinski definition) is 2. The highest BCUT2D eigenvalue weighted by atomic mass is 35.5. The molecular formula is C27H31ClFN3O. The van der Waals surface area contributed by atoms with E-state index in [2.05, 4.69) is 17.1 Å². The second kappa shape index (κ2) is 10.5. The van der Waals surface area contributed by atoms with Crippen LogP contribution in [0.25, 0.3) is 16.9 Å². The zero-order valence-corrected chi connectivity index (χ0v) is 20.0. The fourth-order valence-electron chi connectivity index (χ4n) is 4.69. The van der Waals surface area contributed by atoms with E-state index >= 15 is 0 Å². The number of halogens is 2. The Morgan fingerprint density at radius 2 is 1.94 bits per heavy atom. The summed E-state index contributed by atoms with van der Waals surface area (Å²) < 4.78 is 15.9. The van der Waals surface area contributed by atoms with Gasteiger partial charge in [0.25, 0.3) is 5.91 Å². The van der Waals surface area contributed by atoms with Crippen LogP contribution in [0, 0.1) is 12.7 Å². The summed E-state index contributed by atoms with van der Waals surface area (Å²) in [5.41, 5.74) is 3.77. The number of nitrogens with zero attached hydrogens (tertiary/aromatic N) is 2. The molecule has 3 aromatic rings. The molecule has 1 atom stereocenters. The lowest BCUT2D eigenvalue weighted by Gasteiger charge is -2.33. The molecule has 174 valence electrons. The van der Waals surface area contributed by atoms with Crippen molar-refractivity contribution in [1.82, 2.24) is 14.8 Å². The largest absolute Gasteiger partial charge is 0.352 e. The first-order valence-electron chi connectivity index (χ1n) is 11.7. The van der Waals surface area contributed by atoms with E-state index < -0.39 is 0 Å². The molecule has 6 heteroatoms. The van der Waals surface area contributed by atoms with Crippen LogP contribution in [-0.4, -0.2) is 41.1 Å². The number of amides is 1. The molecule has 0 aliphatic carbocycles. The van der Waals surface area contributed by atoms with Crippen molar-refractivity contribution in [3.8, 4) is 16.9 Å². The predicted octanol–water partition coefficient (Wildman–Crippen LogP) is 6.24. The smallest absolute Gasteiger partial charge is 0.253 e. The van der Waals surface area contributed by atoms with Gasteiger partial charge in [0.05, 0.1) is 11.3 Å². The highest BCUT2D eigenvalue weighted by Gasteiger charge is 2.21. The van der Waals surface area contributed by atoms with Gasteiger partial charge < -0.3 is 14.8 Å². The molecule has 1 saturated heterocycles. The molecule has 1 unspecified atom stereocenters. The third kappa shape index (κ3) is 5.48. The van der Waals surface area contributed by atoms with Crippen LogP contribution in [0.3, 0.4) is 0 Å². The number of hydrogen-bond donors (Lipinski definition) is 1. The molecule has 0 bridgehead atoms. The first-order valence-corrected chi connectivity index (χ1v) is 12.1. The Labute approximate surface area is 200 Å². The maximum absolute atomic E-state index is 14.0. The van der Waals surface area contributed by atoms with Crippen molar-refractivity contribution in [2.24, 2.45) is 0 Å². The van der Waals surface area contributed by atoms with Gasteiger partial charge in [-0.2, -0.15) is 0 Å². The molecule has 1 amide bonds. The zero-order chi connectivity index (χ0) is 23.4. The van der Waals surface area contributed by atoms with Crippen molar-refractivity contribution in [2.45, 2.75) is 45.6 Å². The molecule has 1 fully saturated rings. The Hall–Kier alpha value is -2.63. The number of carbonyl (C=O) groups is 1. The molecular weight excluding hydrogens is 437 g/mol. The average molecular weight is 468 g/mol. The van der Waals surface area contributed by atoms with E-state index in [0.717, 1.165) is 36.5 Å². The first kappa shape index (κ1) is 23.5. The molecule has 1 aliphatic rings. The summed E-state index contributed by atoms with van der Waals surface area (Å²) in [6.45, 7) is 6.96. The van der Waals surface area contributed by atoms with Crippen molar-refractivity contribution in [3.05, 3.63) is 76.7 Å². The van der Waals surface area contributed by atoms with Crippen LogP contribution in [0.15, 0.2) is 54.6 Å². The van der Waals surface area contributed by atoms with Gasteiger partial charge in [-0.25, -0.2) is 4.39 Å². The number of piperidine rings is 1. The van der Waals surface area contributed by atoms with Gasteiger partial charge >= 0.3 is 0 Å². The molecule has 1 aliphatic heterocycles. The third-order valence-electron chi connectivity index (χ3n) is 6.55. The Kier molecular flexibility index (Phi) is 7.51. The molecule has 2 heterocycles. The van der Waals surface area contributed by atoms with Crippen molar-refractivity contribution >= 4 is 17.5 Å². The summed E-state index contributed by atoms with van der Waals surface area (Å²) in [5, 5.41) is 3.72. The molecule has 2 aromatic carbocycles. The minimum absolute atomic E-state index is 0.107. The molecule has 0 spiro atoms. The summed E-state index contributed by atoms with van der Waals surface area (Å²) in [7, 11) is 0. The van der Waals surface area contributed by atoms with Crippen LogP contribution in [-0.2, 0) is 0 Å². The molecule has 1 aromatic heterocycles. The number of nitrogens with one attached hydrogen (secondary N) is 1.